The van der Waals surface area contributed by atoms with E-state index >= 15 is 0 Å². The van der Waals surface area contributed by atoms with Gasteiger partial charge in [-0.15, -0.1) is 0 Å². The van der Waals surface area contributed by atoms with E-state index in [4.69, 9.17) is 5.11 Å². The van der Waals surface area contributed by atoms with Crippen LogP contribution in [0.3, 0.4) is 0 Å². The first-order valence-corrected chi connectivity index (χ1v) is 5.96. The van der Waals surface area contributed by atoms with Crippen LogP contribution in [0.25, 0.3) is 0 Å². The number of nitrogens with one attached hydrogen (secondary N) is 1. The van der Waals surface area contributed by atoms with Gasteiger partial charge in [0.25, 0.3) is 0 Å². The molecule has 1 saturated carbocycles. The molecule has 16 heavy (non-hydrogen) atoms. The molecular weight excluding hydrogens is 200 g/mol. The first kappa shape index (κ1) is 11.6. The van der Waals surface area contributed by atoms with E-state index in [1.54, 1.807) is 0 Å². The average molecular weight is 220 g/mol. The van der Waals surface area contributed by atoms with Crippen LogP contribution in [0.5, 0.6) is 0 Å². The van der Waals surface area contributed by atoms with Gasteiger partial charge in [-0.25, -0.2) is 0 Å². The standard InChI is InChI=1S/C13H20N2O/c1-11-6-12(8-14-7-11)9-15-10-13(2-3-13)4-5-16/h6-8,15-16H,2-5,9-10H2,1H3. The maximum Gasteiger partial charge on any atom is 0.0436 e. The van der Waals surface area contributed by atoms with Crippen LogP contribution < -0.4 is 5.32 Å². The lowest BCUT2D eigenvalue weighted by Gasteiger charge is -2.14. The van der Waals surface area contributed by atoms with Gasteiger partial charge in [-0.2, -0.15) is 0 Å². The minimum Gasteiger partial charge on any atom is -0.396 e. The fourth-order valence-corrected chi connectivity index (χ4v) is 2.12. The molecule has 1 aromatic rings. The Labute approximate surface area is 96.9 Å². The van der Waals surface area contributed by atoms with Crippen molar-refractivity contribution in [3.05, 3.63) is 29.6 Å². The Kier molecular flexibility index (Phi) is 3.56. The van der Waals surface area contributed by atoms with Gasteiger partial charge in [-0.1, -0.05) is 6.07 Å². The fraction of sp³-hybridized carbons (Fsp3) is 0.615. The number of nitrogens with zero attached hydrogens (tertiary/aromatic N) is 1. The highest BCUT2D eigenvalue weighted by Crippen LogP contribution is 2.47. The van der Waals surface area contributed by atoms with Gasteiger partial charge in [-0.05, 0) is 42.7 Å². The summed E-state index contributed by atoms with van der Waals surface area (Å²) in [5, 5.41) is 12.4. The van der Waals surface area contributed by atoms with E-state index in [9.17, 15) is 0 Å². The third-order valence-corrected chi connectivity index (χ3v) is 3.36. The maximum absolute atomic E-state index is 8.96. The lowest BCUT2D eigenvalue weighted by molar-refractivity contribution is 0.245. The largest absolute Gasteiger partial charge is 0.396 e. The van der Waals surface area contributed by atoms with Gasteiger partial charge in [0, 0.05) is 32.1 Å². The fourth-order valence-electron chi connectivity index (χ4n) is 2.12. The number of aromatic nitrogens is 1. The third kappa shape index (κ3) is 3.03. The zero-order valence-electron chi connectivity index (χ0n) is 9.87. The van der Waals surface area contributed by atoms with Crippen molar-refractivity contribution < 1.29 is 5.11 Å². The molecule has 1 fully saturated rings. The summed E-state index contributed by atoms with van der Waals surface area (Å²) < 4.78 is 0. The first-order valence-electron chi connectivity index (χ1n) is 5.96. The molecule has 0 amide bonds. The number of hydrogen-bond acceptors (Lipinski definition) is 3. The van der Waals surface area contributed by atoms with Crippen LogP contribution >= 0.6 is 0 Å². The molecule has 3 heteroatoms. The number of aryl methyl sites for hydroxylation is 1. The summed E-state index contributed by atoms with van der Waals surface area (Å²) in [6.07, 6.45) is 7.23. The van der Waals surface area contributed by atoms with Gasteiger partial charge in [0.15, 0.2) is 0 Å². The van der Waals surface area contributed by atoms with Crippen molar-refractivity contribution >= 4 is 0 Å². The number of rotatable bonds is 6. The second-order valence-corrected chi connectivity index (χ2v) is 4.95. The van der Waals surface area contributed by atoms with Gasteiger partial charge < -0.3 is 10.4 Å². The normalized spacial score (nSPS) is 17.4. The van der Waals surface area contributed by atoms with Gasteiger partial charge in [0.2, 0.25) is 0 Å². The molecule has 0 aliphatic heterocycles. The van der Waals surface area contributed by atoms with Gasteiger partial charge in [-0.3, -0.25) is 4.98 Å². The molecule has 0 aromatic carbocycles. The van der Waals surface area contributed by atoms with Crippen LogP contribution in [0.4, 0.5) is 0 Å². The summed E-state index contributed by atoms with van der Waals surface area (Å²) in [6.45, 7) is 4.27. The number of aliphatic hydroxyl groups is 1. The zero-order valence-corrected chi connectivity index (χ0v) is 9.87. The Morgan fingerprint density at radius 1 is 1.44 bits per heavy atom. The molecule has 0 unspecified atom stereocenters. The Morgan fingerprint density at radius 2 is 2.25 bits per heavy atom. The molecule has 1 heterocycles. The molecular formula is C13H20N2O. The first-order chi connectivity index (χ1) is 7.74. The molecule has 0 atom stereocenters. The minimum absolute atomic E-state index is 0.313. The van der Waals surface area contributed by atoms with Crippen molar-refractivity contribution in [2.24, 2.45) is 5.41 Å². The van der Waals surface area contributed by atoms with E-state index in [-0.39, 0.29) is 0 Å². The number of pyridine rings is 1. The van der Waals surface area contributed by atoms with Crippen LogP contribution in [0, 0.1) is 12.3 Å². The summed E-state index contributed by atoms with van der Waals surface area (Å²) in [6, 6.07) is 2.16. The van der Waals surface area contributed by atoms with Crippen LogP contribution in [-0.4, -0.2) is 23.2 Å². The molecule has 0 bridgehead atoms. The van der Waals surface area contributed by atoms with E-state index in [1.165, 1.54) is 24.0 Å². The van der Waals surface area contributed by atoms with Crippen molar-refractivity contribution in [1.29, 1.82) is 0 Å². The quantitative estimate of drug-likeness (QED) is 0.766. The molecule has 2 rings (SSSR count). The molecule has 0 radical (unpaired) electrons. The summed E-state index contributed by atoms with van der Waals surface area (Å²) in [5.41, 5.74) is 2.84. The second-order valence-electron chi connectivity index (χ2n) is 4.95. The lowest BCUT2D eigenvalue weighted by Crippen LogP contribution is -2.24. The molecule has 1 aliphatic carbocycles. The van der Waals surface area contributed by atoms with E-state index in [2.05, 4.69) is 23.3 Å². The molecule has 88 valence electrons. The third-order valence-electron chi connectivity index (χ3n) is 3.36. The van der Waals surface area contributed by atoms with Crippen molar-refractivity contribution in [2.75, 3.05) is 13.2 Å². The average Bonchev–Trinajstić information content (AvgIpc) is 2.99. The molecule has 3 nitrogen and oxygen atoms in total. The summed E-state index contributed by atoms with van der Waals surface area (Å²) >= 11 is 0. The van der Waals surface area contributed by atoms with E-state index in [0.29, 0.717) is 12.0 Å². The van der Waals surface area contributed by atoms with Crippen molar-refractivity contribution in [1.82, 2.24) is 10.3 Å². The van der Waals surface area contributed by atoms with Crippen LogP contribution in [0.1, 0.15) is 30.4 Å². The van der Waals surface area contributed by atoms with Crippen LogP contribution in [-0.2, 0) is 6.54 Å². The van der Waals surface area contributed by atoms with Crippen molar-refractivity contribution in [3.63, 3.8) is 0 Å². The number of hydrogen-bond donors (Lipinski definition) is 2. The second kappa shape index (κ2) is 4.93. The maximum atomic E-state index is 8.96. The lowest BCUT2D eigenvalue weighted by atomic mass is 10.0. The van der Waals surface area contributed by atoms with Crippen LogP contribution in [0.15, 0.2) is 18.5 Å². The smallest absolute Gasteiger partial charge is 0.0436 e. The monoisotopic (exact) mass is 220 g/mol. The highest BCUT2D eigenvalue weighted by Gasteiger charge is 2.41. The molecule has 0 spiro atoms. The predicted molar refractivity (Wildman–Crippen MR) is 64.1 cm³/mol. The molecule has 1 aromatic heterocycles. The van der Waals surface area contributed by atoms with Crippen LogP contribution in [0.2, 0.25) is 0 Å². The Hall–Kier alpha value is -0.930. The highest BCUT2D eigenvalue weighted by atomic mass is 16.3. The van der Waals surface area contributed by atoms with E-state index in [1.807, 2.05) is 12.4 Å². The summed E-state index contributed by atoms with van der Waals surface area (Å²) in [4.78, 5) is 4.17. The Balaban J connectivity index is 1.76. The molecule has 1 aliphatic rings. The summed E-state index contributed by atoms with van der Waals surface area (Å²) in [7, 11) is 0. The topological polar surface area (TPSA) is 45.2 Å². The molecule has 2 N–H and O–H groups in total. The predicted octanol–water partition coefficient (Wildman–Crippen LogP) is 1.64. The van der Waals surface area contributed by atoms with Crippen molar-refractivity contribution in [2.45, 2.75) is 32.7 Å². The Morgan fingerprint density at radius 3 is 2.88 bits per heavy atom. The van der Waals surface area contributed by atoms with Gasteiger partial charge in [0.05, 0.1) is 0 Å². The Bertz CT molecular complexity index is 348. The van der Waals surface area contributed by atoms with E-state index < -0.39 is 0 Å². The SMILES string of the molecule is Cc1cncc(CNCC2(CCO)CC2)c1. The van der Waals surface area contributed by atoms with Crippen molar-refractivity contribution in [3.8, 4) is 0 Å². The van der Waals surface area contributed by atoms with Gasteiger partial charge >= 0.3 is 0 Å². The molecule has 0 saturated heterocycles. The zero-order chi connectivity index (χ0) is 11.4. The highest BCUT2D eigenvalue weighted by molar-refractivity contribution is 5.16. The summed E-state index contributed by atoms with van der Waals surface area (Å²) in [5.74, 6) is 0. The van der Waals surface area contributed by atoms with E-state index in [0.717, 1.165) is 19.5 Å². The number of aliphatic hydroxyl groups excluding tert-OH is 1. The van der Waals surface area contributed by atoms with Gasteiger partial charge in [0.1, 0.15) is 0 Å². The minimum atomic E-state index is 0.313.